The summed E-state index contributed by atoms with van der Waals surface area (Å²) in [6.45, 7) is 0. The van der Waals surface area contributed by atoms with Crippen LogP contribution in [0.4, 0.5) is 20.2 Å². The van der Waals surface area contributed by atoms with Crippen molar-refractivity contribution in [1.29, 1.82) is 0 Å². The molecule has 0 aliphatic heterocycles. The van der Waals surface area contributed by atoms with Gasteiger partial charge in [0.15, 0.2) is 11.5 Å². The van der Waals surface area contributed by atoms with Crippen molar-refractivity contribution >= 4 is 19.6 Å². The lowest BCUT2D eigenvalue weighted by Crippen LogP contribution is -1.95. The monoisotopic (exact) mass is 359 g/mol. The molecular weight excluding hydrogens is 353 g/mol. The highest BCUT2D eigenvalue weighted by atomic mass is 31.1. The van der Waals surface area contributed by atoms with Gasteiger partial charge in [-0.15, -0.1) is 0 Å². The normalized spacial score (nSPS) is 10.1. The van der Waals surface area contributed by atoms with Gasteiger partial charge in [-0.25, -0.2) is 9.05 Å². The molecule has 2 aromatic rings. The molecule has 0 heterocycles. The second-order valence-corrected chi connectivity index (χ2v) is 4.96. The predicted octanol–water partition coefficient (Wildman–Crippen LogP) is 3.90. The smallest absolute Gasteiger partial charge is 0.258 e. The summed E-state index contributed by atoms with van der Waals surface area (Å²) in [5.74, 6) is -2.86. The van der Waals surface area contributed by atoms with Crippen LogP contribution in [-0.4, -0.2) is 9.85 Å². The average Bonchev–Trinajstić information content (AvgIpc) is 2.50. The Morgan fingerprint density at radius 2 is 1.21 bits per heavy atom. The van der Waals surface area contributed by atoms with Crippen LogP contribution in [0.3, 0.4) is 0 Å². The van der Waals surface area contributed by atoms with Crippen molar-refractivity contribution in [2.75, 3.05) is 0 Å². The van der Waals surface area contributed by atoms with E-state index < -0.39 is 41.1 Å². The lowest BCUT2D eigenvalue weighted by Gasteiger charge is -1.97. The topological polar surface area (TPSA) is 122 Å². The van der Waals surface area contributed by atoms with Crippen LogP contribution in [-0.2, 0) is 4.57 Å². The maximum Gasteiger partial charge on any atom is 0.805 e. The SMILES string of the molecule is O=[N+]([O-])c1cc(O[P+](=O)Oc2ccc(F)c([N+](=O)[O-])c2)ccc1F. The fourth-order valence-corrected chi connectivity index (χ4v) is 2.18. The summed E-state index contributed by atoms with van der Waals surface area (Å²) in [5, 5.41) is 21.2. The van der Waals surface area contributed by atoms with Crippen LogP contribution in [0.5, 0.6) is 11.5 Å². The summed E-state index contributed by atoms with van der Waals surface area (Å²) >= 11 is 0. The van der Waals surface area contributed by atoms with Crippen LogP contribution < -0.4 is 9.05 Å². The number of hydrogen-bond donors (Lipinski definition) is 0. The zero-order valence-corrected chi connectivity index (χ0v) is 12.3. The minimum absolute atomic E-state index is 0.319. The highest BCUT2D eigenvalue weighted by molar-refractivity contribution is 7.34. The summed E-state index contributed by atoms with van der Waals surface area (Å²) in [6.07, 6.45) is 0. The van der Waals surface area contributed by atoms with E-state index in [1.54, 1.807) is 0 Å². The van der Waals surface area contributed by atoms with Crippen molar-refractivity contribution in [3.05, 3.63) is 68.3 Å². The van der Waals surface area contributed by atoms with E-state index in [1.807, 2.05) is 0 Å². The van der Waals surface area contributed by atoms with Gasteiger partial charge in [-0.3, -0.25) is 20.2 Å². The third kappa shape index (κ3) is 3.96. The molecular formula is C12H6F2N2O7P+. The van der Waals surface area contributed by atoms with E-state index in [0.29, 0.717) is 12.1 Å². The minimum atomic E-state index is -2.96. The average molecular weight is 359 g/mol. The number of halogens is 2. The van der Waals surface area contributed by atoms with Crippen molar-refractivity contribution in [3.8, 4) is 11.5 Å². The third-order valence-electron chi connectivity index (χ3n) is 2.59. The van der Waals surface area contributed by atoms with Crippen molar-refractivity contribution in [1.82, 2.24) is 0 Å². The van der Waals surface area contributed by atoms with Crippen LogP contribution >= 0.6 is 8.25 Å². The zero-order valence-electron chi connectivity index (χ0n) is 11.4. The summed E-state index contributed by atoms with van der Waals surface area (Å²) in [5.41, 5.74) is -1.79. The van der Waals surface area contributed by atoms with Crippen molar-refractivity contribution in [2.24, 2.45) is 0 Å². The molecule has 0 bridgehead atoms. The molecule has 24 heavy (non-hydrogen) atoms. The molecule has 124 valence electrons. The molecule has 0 fully saturated rings. The number of nitrogens with zero attached hydrogens (tertiary/aromatic N) is 2. The number of rotatable bonds is 6. The summed E-state index contributed by atoms with van der Waals surface area (Å²) in [7, 11) is -2.96. The van der Waals surface area contributed by atoms with Gasteiger partial charge in [-0.1, -0.05) is 0 Å². The van der Waals surface area contributed by atoms with Gasteiger partial charge in [0.05, 0.1) is 22.0 Å². The Kier molecular flexibility index (Phi) is 4.95. The number of benzene rings is 2. The maximum absolute atomic E-state index is 13.2. The second-order valence-electron chi connectivity index (χ2n) is 4.15. The first-order valence-corrected chi connectivity index (χ1v) is 7.08. The number of nitro benzene ring substituents is 2. The molecule has 2 aromatic carbocycles. The number of hydrogen-bond acceptors (Lipinski definition) is 7. The second kappa shape index (κ2) is 6.92. The summed E-state index contributed by atoms with van der Waals surface area (Å²) in [4.78, 5) is 19.2. The Labute approximate surface area is 132 Å². The first-order valence-electron chi connectivity index (χ1n) is 5.99. The Hall–Kier alpha value is -3.20. The van der Waals surface area contributed by atoms with Gasteiger partial charge in [0.25, 0.3) is 0 Å². The quantitative estimate of drug-likeness (QED) is 0.435. The number of nitro groups is 2. The van der Waals surface area contributed by atoms with Crippen LogP contribution in [0.1, 0.15) is 0 Å². The molecule has 0 aliphatic carbocycles. The van der Waals surface area contributed by atoms with Crippen LogP contribution in [0.15, 0.2) is 36.4 Å². The molecule has 0 aromatic heterocycles. The van der Waals surface area contributed by atoms with Gasteiger partial charge in [-0.2, -0.15) is 8.78 Å². The molecule has 0 unspecified atom stereocenters. The van der Waals surface area contributed by atoms with E-state index in [-0.39, 0.29) is 11.5 Å². The molecule has 0 saturated heterocycles. The van der Waals surface area contributed by atoms with Crippen molar-refractivity contribution in [3.63, 3.8) is 0 Å². The molecule has 0 radical (unpaired) electrons. The third-order valence-corrected chi connectivity index (χ3v) is 3.31. The van der Waals surface area contributed by atoms with Gasteiger partial charge < -0.3 is 0 Å². The van der Waals surface area contributed by atoms with Crippen molar-refractivity contribution in [2.45, 2.75) is 0 Å². The molecule has 0 saturated carbocycles. The van der Waals surface area contributed by atoms with Crippen molar-refractivity contribution < 1.29 is 32.2 Å². The highest BCUT2D eigenvalue weighted by Crippen LogP contribution is 2.34. The molecule has 0 N–H and O–H groups in total. The maximum atomic E-state index is 13.2. The lowest BCUT2D eigenvalue weighted by molar-refractivity contribution is -0.387. The molecule has 0 aliphatic rings. The van der Waals surface area contributed by atoms with Gasteiger partial charge in [0.1, 0.15) is 0 Å². The minimum Gasteiger partial charge on any atom is -0.258 e. The predicted molar refractivity (Wildman–Crippen MR) is 75.0 cm³/mol. The van der Waals surface area contributed by atoms with Gasteiger partial charge in [-0.05, 0) is 24.3 Å². The Morgan fingerprint density at radius 1 is 0.833 bits per heavy atom. The van der Waals surface area contributed by atoms with Crippen LogP contribution in [0.25, 0.3) is 0 Å². The first-order chi connectivity index (χ1) is 11.3. The Morgan fingerprint density at radius 3 is 1.54 bits per heavy atom. The fourth-order valence-electron chi connectivity index (χ4n) is 1.57. The van der Waals surface area contributed by atoms with E-state index in [1.165, 1.54) is 0 Å². The van der Waals surface area contributed by atoms with Gasteiger partial charge >= 0.3 is 19.6 Å². The van der Waals surface area contributed by atoms with E-state index in [0.717, 1.165) is 24.3 Å². The molecule has 9 nitrogen and oxygen atoms in total. The van der Waals surface area contributed by atoms with Crippen LogP contribution in [0, 0.1) is 31.9 Å². The molecule has 0 spiro atoms. The largest absolute Gasteiger partial charge is 0.805 e. The summed E-state index contributed by atoms with van der Waals surface area (Å²) in [6, 6.07) is 4.81. The fraction of sp³-hybridized carbons (Fsp3) is 0. The van der Waals surface area contributed by atoms with E-state index in [2.05, 4.69) is 0 Å². The zero-order chi connectivity index (χ0) is 17.9. The van der Waals surface area contributed by atoms with Gasteiger partial charge in [0, 0.05) is 4.57 Å². The first kappa shape index (κ1) is 17.2. The summed E-state index contributed by atoms with van der Waals surface area (Å²) < 4.78 is 47.5. The molecule has 12 heteroatoms. The van der Waals surface area contributed by atoms with E-state index in [4.69, 9.17) is 9.05 Å². The molecule has 2 rings (SSSR count). The van der Waals surface area contributed by atoms with E-state index >= 15 is 0 Å². The highest BCUT2D eigenvalue weighted by Gasteiger charge is 2.28. The van der Waals surface area contributed by atoms with Crippen LogP contribution in [0.2, 0.25) is 0 Å². The standard InChI is InChI=1S/C12H6F2N2O7P/c13-9-3-1-7(5-11(9)15(17)18)22-24(21)23-8-2-4-10(14)12(6-8)16(19)20/h1-6H/q+1. The Balaban J connectivity index is 2.14. The molecule has 0 atom stereocenters. The van der Waals surface area contributed by atoms with Gasteiger partial charge in [0.2, 0.25) is 11.6 Å². The molecule has 0 amide bonds. The Bertz CT molecular complexity index is 779. The van der Waals surface area contributed by atoms with E-state index in [9.17, 15) is 33.6 Å². The lowest BCUT2D eigenvalue weighted by atomic mass is 10.3.